The van der Waals surface area contributed by atoms with Crippen LogP contribution in [-0.2, 0) is 12.4 Å². The third-order valence-electron chi connectivity index (χ3n) is 2.13. The molecule has 0 atom stereocenters. The maximum Gasteiger partial charge on any atom is 0.123 e. The quantitative estimate of drug-likeness (QED) is 0.835. The summed E-state index contributed by atoms with van der Waals surface area (Å²) in [4.78, 5) is 4.41. The number of benzene rings is 1. The van der Waals surface area contributed by atoms with Crippen LogP contribution in [0.5, 0.6) is 0 Å². The van der Waals surface area contributed by atoms with E-state index in [4.69, 9.17) is 17.3 Å². The molecule has 2 rings (SSSR count). The molecule has 0 aliphatic rings. The van der Waals surface area contributed by atoms with Crippen molar-refractivity contribution in [3.63, 3.8) is 0 Å². The lowest BCUT2D eigenvalue weighted by molar-refractivity contribution is 1.07. The Balaban J connectivity index is 2.28. The third-order valence-corrected chi connectivity index (χ3v) is 3.34. The number of nitrogens with zero attached hydrogens (tertiary/aromatic N) is 1. The smallest absolute Gasteiger partial charge is 0.123 e. The molecule has 0 saturated heterocycles. The average molecular weight is 239 g/mol. The van der Waals surface area contributed by atoms with Crippen LogP contribution in [0.3, 0.4) is 0 Å². The summed E-state index contributed by atoms with van der Waals surface area (Å²) in [6.07, 6.45) is 0. The van der Waals surface area contributed by atoms with Crippen LogP contribution in [-0.4, -0.2) is 4.98 Å². The highest BCUT2D eigenvalue weighted by Crippen LogP contribution is 2.24. The zero-order chi connectivity index (χ0) is 10.7. The van der Waals surface area contributed by atoms with Gasteiger partial charge in [0, 0.05) is 17.5 Å². The third kappa shape index (κ3) is 2.37. The SMILES string of the molecule is NCc1ccc(-c2nc(CCl)cs2)cc1. The normalized spacial score (nSPS) is 10.5. The second-order valence-corrected chi connectivity index (χ2v) is 4.30. The average Bonchev–Trinajstić information content (AvgIpc) is 2.78. The lowest BCUT2D eigenvalue weighted by atomic mass is 10.1. The number of rotatable bonds is 3. The van der Waals surface area contributed by atoms with Crippen molar-refractivity contribution in [1.29, 1.82) is 0 Å². The highest BCUT2D eigenvalue weighted by molar-refractivity contribution is 7.13. The first kappa shape index (κ1) is 10.6. The Kier molecular flexibility index (Phi) is 3.36. The number of aromatic nitrogens is 1. The van der Waals surface area contributed by atoms with Gasteiger partial charge in [-0.2, -0.15) is 0 Å². The largest absolute Gasteiger partial charge is 0.326 e. The molecule has 1 aromatic heterocycles. The lowest BCUT2D eigenvalue weighted by Gasteiger charge is -1.98. The van der Waals surface area contributed by atoms with Gasteiger partial charge in [-0.15, -0.1) is 22.9 Å². The van der Waals surface area contributed by atoms with Gasteiger partial charge >= 0.3 is 0 Å². The first-order valence-corrected chi connectivity index (χ1v) is 6.04. The highest BCUT2D eigenvalue weighted by Gasteiger charge is 2.03. The Labute approximate surface area is 97.7 Å². The molecule has 0 spiro atoms. The van der Waals surface area contributed by atoms with E-state index in [9.17, 15) is 0 Å². The first-order valence-electron chi connectivity index (χ1n) is 4.63. The molecule has 2 N–H and O–H groups in total. The van der Waals surface area contributed by atoms with Gasteiger partial charge < -0.3 is 5.73 Å². The van der Waals surface area contributed by atoms with E-state index in [1.54, 1.807) is 11.3 Å². The Bertz CT molecular complexity index is 436. The van der Waals surface area contributed by atoms with Crippen LogP contribution in [0.2, 0.25) is 0 Å². The van der Waals surface area contributed by atoms with E-state index >= 15 is 0 Å². The molecule has 2 nitrogen and oxygen atoms in total. The summed E-state index contributed by atoms with van der Waals surface area (Å²) in [6.45, 7) is 0.574. The topological polar surface area (TPSA) is 38.9 Å². The predicted octanol–water partition coefficient (Wildman–Crippen LogP) is 3.01. The van der Waals surface area contributed by atoms with E-state index in [0.29, 0.717) is 12.4 Å². The number of thiazole rings is 1. The number of alkyl halides is 1. The zero-order valence-corrected chi connectivity index (χ0v) is 9.68. The Morgan fingerprint density at radius 3 is 2.53 bits per heavy atom. The summed E-state index contributed by atoms with van der Waals surface area (Å²) in [5, 5.41) is 2.99. The summed E-state index contributed by atoms with van der Waals surface area (Å²) in [6, 6.07) is 8.13. The molecule has 0 aliphatic heterocycles. The fourth-order valence-corrected chi connectivity index (χ4v) is 2.34. The van der Waals surface area contributed by atoms with Crippen molar-refractivity contribution in [2.45, 2.75) is 12.4 Å². The van der Waals surface area contributed by atoms with Crippen LogP contribution in [0, 0.1) is 0 Å². The van der Waals surface area contributed by atoms with Crippen molar-refractivity contribution in [3.05, 3.63) is 40.9 Å². The van der Waals surface area contributed by atoms with Crippen LogP contribution in [0.25, 0.3) is 10.6 Å². The van der Waals surface area contributed by atoms with Crippen molar-refractivity contribution in [1.82, 2.24) is 4.98 Å². The second kappa shape index (κ2) is 4.75. The van der Waals surface area contributed by atoms with Crippen molar-refractivity contribution in [3.8, 4) is 10.6 Å². The van der Waals surface area contributed by atoms with E-state index in [0.717, 1.165) is 21.8 Å². The van der Waals surface area contributed by atoms with Crippen LogP contribution >= 0.6 is 22.9 Å². The van der Waals surface area contributed by atoms with Crippen molar-refractivity contribution in [2.24, 2.45) is 5.73 Å². The minimum Gasteiger partial charge on any atom is -0.326 e. The molecule has 0 amide bonds. The van der Waals surface area contributed by atoms with E-state index in [-0.39, 0.29) is 0 Å². The molecular weight excluding hydrogens is 228 g/mol. The Hall–Kier alpha value is -0.900. The standard InChI is InChI=1S/C11H11ClN2S/c12-5-10-7-15-11(14-10)9-3-1-8(6-13)2-4-9/h1-4,7H,5-6,13H2. The fraction of sp³-hybridized carbons (Fsp3) is 0.182. The van der Waals surface area contributed by atoms with E-state index in [1.165, 1.54) is 0 Å². The lowest BCUT2D eigenvalue weighted by Crippen LogP contribution is -1.95. The van der Waals surface area contributed by atoms with Crippen molar-refractivity contribution < 1.29 is 0 Å². The van der Waals surface area contributed by atoms with Gasteiger partial charge in [-0.1, -0.05) is 24.3 Å². The summed E-state index contributed by atoms with van der Waals surface area (Å²) in [7, 11) is 0. The number of halogens is 1. The molecule has 0 unspecified atom stereocenters. The highest BCUT2D eigenvalue weighted by atomic mass is 35.5. The molecule has 4 heteroatoms. The molecule has 0 bridgehead atoms. The molecular formula is C11H11ClN2S. The summed E-state index contributed by atoms with van der Waals surface area (Å²) < 4.78 is 0. The van der Waals surface area contributed by atoms with Gasteiger partial charge in [-0.3, -0.25) is 0 Å². The van der Waals surface area contributed by atoms with E-state index in [1.807, 2.05) is 29.6 Å². The molecule has 2 aromatic rings. The van der Waals surface area contributed by atoms with Gasteiger partial charge in [-0.05, 0) is 5.56 Å². The van der Waals surface area contributed by atoms with Crippen LogP contribution < -0.4 is 5.73 Å². The van der Waals surface area contributed by atoms with Gasteiger partial charge in [0.2, 0.25) is 0 Å². The molecule has 1 heterocycles. The number of hydrogen-bond donors (Lipinski definition) is 1. The maximum absolute atomic E-state index is 5.70. The maximum atomic E-state index is 5.70. The Morgan fingerprint density at radius 1 is 1.27 bits per heavy atom. The monoisotopic (exact) mass is 238 g/mol. The molecule has 0 saturated carbocycles. The van der Waals surface area contributed by atoms with Crippen LogP contribution in [0.15, 0.2) is 29.6 Å². The Morgan fingerprint density at radius 2 is 2.00 bits per heavy atom. The van der Waals surface area contributed by atoms with Crippen molar-refractivity contribution >= 4 is 22.9 Å². The van der Waals surface area contributed by atoms with Gasteiger partial charge in [0.15, 0.2) is 0 Å². The molecule has 1 aromatic carbocycles. The molecule has 0 radical (unpaired) electrons. The molecule has 0 aliphatic carbocycles. The zero-order valence-electron chi connectivity index (χ0n) is 8.11. The first-order chi connectivity index (χ1) is 7.33. The van der Waals surface area contributed by atoms with Gasteiger partial charge in [-0.25, -0.2) is 4.98 Å². The summed E-state index contributed by atoms with van der Waals surface area (Å²) in [5.74, 6) is 0.470. The number of nitrogens with two attached hydrogens (primary N) is 1. The van der Waals surface area contributed by atoms with Crippen LogP contribution in [0.1, 0.15) is 11.3 Å². The van der Waals surface area contributed by atoms with Gasteiger partial charge in [0.25, 0.3) is 0 Å². The van der Waals surface area contributed by atoms with Crippen molar-refractivity contribution in [2.75, 3.05) is 0 Å². The van der Waals surface area contributed by atoms with E-state index in [2.05, 4.69) is 4.98 Å². The molecule has 0 fully saturated rings. The second-order valence-electron chi connectivity index (χ2n) is 3.18. The fourth-order valence-electron chi connectivity index (χ4n) is 1.28. The summed E-state index contributed by atoms with van der Waals surface area (Å²) >= 11 is 7.32. The minimum absolute atomic E-state index is 0.470. The minimum atomic E-state index is 0.470. The van der Waals surface area contributed by atoms with E-state index < -0.39 is 0 Å². The molecule has 78 valence electrons. The number of hydrogen-bond acceptors (Lipinski definition) is 3. The predicted molar refractivity (Wildman–Crippen MR) is 65.0 cm³/mol. The summed E-state index contributed by atoms with van der Waals surface area (Å²) in [5.41, 5.74) is 8.72. The molecule has 15 heavy (non-hydrogen) atoms. The van der Waals surface area contributed by atoms with Crippen LogP contribution in [0.4, 0.5) is 0 Å². The van der Waals surface area contributed by atoms with Gasteiger partial charge in [0.1, 0.15) is 5.01 Å². The van der Waals surface area contributed by atoms with Gasteiger partial charge in [0.05, 0.1) is 11.6 Å².